The number of fused-ring (bicyclic) bond motifs is 1. The zero-order chi connectivity index (χ0) is 14.0. The van der Waals surface area contributed by atoms with Crippen molar-refractivity contribution in [2.45, 2.75) is 19.4 Å². The van der Waals surface area contributed by atoms with Crippen molar-refractivity contribution >= 4 is 23.5 Å². The molecule has 1 atom stereocenters. The molecule has 0 aliphatic carbocycles. The Bertz CT molecular complexity index is 554. The summed E-state index contributed by atoms with van der Waals surface area (Å²) in [5.41, 5.74) is 1.91. The molecule has 0 radical (unpaired) electrons. The molecule has 6 heteroatoms. The zero-order valence-corrected chi connectivity index (χ0v) is 10.6. The SMILES string of the molecule is COC(=O)C(C)NC(=O)c1ccc2c(c1)CC(=O)N2. The topological polar surface area (TPSA) is 84.5 Å². The van der Waals surface area contributed by atoms with Crippen LogP contribution in [-0.4, -0.2) is 30.9 Å². The lowest BCUT2D eigenvalue weighted by molar-refractivity contribution is -0.142. The highest BCUT2D eigenvalue weighted by molar-refractivity contribution is 6.02. The first-order chi connectivity index (χ1) is 9.01. The second-order valence-corrected chi connectivity index (χ2v) is 4.32. The number of hydrogen-bond donors (Lipinski definition) is 2. The number of methoxy groups -OCH3 is 1. The summed E-state index contributed by atoms with van der Waals surface area (Å²) in [6, 6.07) is 4.21. The standard InChI is InChI=1S/C13H14N2O4/c1-7(13(18)19-2)14-12(17)8-3-4-10-9(5-8)6-11(16)15-10/h3-5,7H,6H2,1-2H3,(H,14,17)(H,15,16). The molecule has 1 aromatic carbocycles. The van der Waals surface area contributed by atoms with Crippen LogP contribution in [0.5, 0.6) is 0 Å². The van der Waals surface area contributed by atoms with Gasteiger partial charge in [0.25, 0.3) is 5.91 Å². The van der Waals surface area contributed by atoms with Crippen LogP contribution in [0.1, 0.15) is 22.8 Å². The number of nitrogens with one attached hydrogen (secondary N) is 2. The molecule has 1 unspecified atom stereocenters. The number of benzene rings is 1. The maximum atomic E-state index is 11.9. The van der Waals surface area contributed by atoms with Crippen LogP contribution in [-0.2, 0) is 20.7 Å². The number of carbonyl (C=O) groups excluding carboxylic acids is 3. The molecule has 0 aromatic heterocycles. The van der Waals surface area contributed by atoms with Crippen LogP contribution in [0.3, 0.4) is 0 Å². The zero-order valence-electron chi connectivity index (χ0n) is 10.6. The van der Waals surface area contributed by atoms with E-state index in [1.54, 1.807) is 25.1 Å². The van der Waals surface area contributed by atoms with E-state index in [1.165, 1.54) is 7.11 Å². The maximum absolute atomic E-state index is 11.9. The Morgan fingerprint density at radius 2 is 2.16 bits per heavy atom. The first-order valence-electron chi connectivity index (χ1n) is 5.82. The molecule has 1 aliphatic rings. The van der Waals surface area contributed by atoms with E-state index in [0.717, 1.165) is 11.3 Å². The molecule has 0 saturated heterocycles. The fourth-order valence-corrected chi connectivity index (χ4v) is 1.89. The molecule has 0 bridgehead atoms. The predicted molar refractivity (Wildman–Crippen MR) is 67.7 cm³/mol. The van der Waals surface area contributed by atoms with Crippen molar-refractivity contribution in [3.05, 3.63) is 29.3 Å². The number of anilines is 1. The minimum Gasteiger partial charge on any atom is -0.467 e. The van der Waals surface area contributed by atoms with E-state index < -0.39 is 12.0 Å². The minimum absolute atomic E-state index is 0.0875. The quantitative estimate of drug-likeness (QED) is 0.776. The van der Waals surface area contributed by atoms with E-state index in [1.807, 2.05) is 0 Å². The fraction of sp³-hybridized carbons (Fsp3) is 0.308. The van der Waals surface area contributed by atoms with Crippen LogP contribution in [0.2, 0.25) is 0 Å². The number of hydrogen-bond acceptors (Lipinski definition) is 4. The van der Waals surface area contributed by atoms with E-state index in [4.69, 9.17) is 0 Å². The van der Waals surface area contributed by atoms with Gasteiger partial charge in [0.05, 0.1) is 13.5 Å². The summed E-state index contributed by atoms with van der Waals surface area (Å²) >= 11 is 0. The molecule has 1 aliphatic heterocycles. The molecule has 2 N–H and O–H groups in total. The van der Waals surface area contributed by atoms with Crippen molar-refractivity contribution in [2.24, 2.45) is 0 Å². The molecule has 1 aromatic rings. The Balaban J connectivity index is 2.11. The van der Waals surface area contributed by atoms with Crippen molar-refractivity contribution < 1.29 is 19.1 Å². The van der Waals surface area contributed by atoms with Gasteiger partial charge in [-0.1, -0.05) is 0 Å². The molecule has 0 spiro atoms. The van der Waals surface area contributed by atoms with Crippen LogP contribution < -0.4 is 10.6 Å². The molecule has 2 amide bonds. The third-order valence-electron chi connectivity index (χ3n) is 2.89. The Morgan fingerprint density at radius 3 is 2.84 bits per heavy atom. The van der Waals surface area contributed by atoms with E-state index in [-0.39, 0.29) is 18.2 Å². The van der Waals surface area contributed by atoms with Gasteiger partial charge in [-0.3, -0.25) is 9.59 Å². The molecule has 6 nitrogen and oxygen atoms in total. The summed E-state index contributed by atoms with van der Waals surface area (Å²) in [5, 5.41) is 5.22. The normalized spacial score (nSPS) is 14.3. The molecule has 2 rings (SSSR count). The van der Waals surface area contributed by atoms with Crippen molar-refractivity contribution in [3.63, 3.8) is 0 Å². The fourth-order valence-electron chi connectivity index (χ4n) is 1.89. The third kappa shape index (κ3) is 2.73. The molecule has 0 saturated carbocycles. The predicted octanol–water partition coefficient (Wildman–Crippen LogP) is 0.472. The largest absolute Gasteiger partial charge is 0.467 e. The summed E-state index contributed by atoms with van der Waals surface area (Å²) in [7, 11) is 1.26. The summed E-state index contributed by atoms with van der Waals surface area (Å²) in [6.45, 7) is 1.54. The van der Waals surface area contributed by atoms with Gasteiger partial charge in [-0.15, -0.1) is 0 Å². The first-order valence-corrected chi connectivity index (χ1v) is 5.82. The second kappa shape index (κ2) is 5.09. The Morgan fingerprint density at radius 1 is 1.42 bits per heavy atom. The average molecular weight is 262 g/mol. The highest BCUT2D eigenvalue weighted by Crippen LogP contribution is 2.23. The molecular formula is C13H14N2O4. The second-order valence-electron chi connectivity index (χ2n) is 4.32. The summed E-state index contributed by atoms with van der Waals surface area (Å²) in [6.07, 6.45) is 0.267. The number of ether oxygens (including phenoxy) is 1. The highest BCUT2D eigenvalue weighted by Gasteiger charge is 2.21. The monoisotopic (exact) mass is 262 g/mol. The highest BCUT2D eigenvalue weighted by atomic mass is 16.5. The lowest BCUT2D eigenvalue weighted by Gasteiger charge is -2.11. The number of rotatable bonds is 3. The van der Waals surface area contributed by atoms with Crippen LogP contribution >= 0.6 is 0 Å². The molecule has 1 heterocycles. The van der Waals surface area contributed by atoms with Gasteiger partial charge < -0.3 is 15.4 Å². The Labute approximate surface area is 110 Å². The third-order valence-corrected chi connectivity index (χ3v) is 2.89. The van der Waals surface area contributed by atoms with E-state index in [2.05, 4.69) is 15.4 Å². The maximum Gasteiger partial charge on any atom is 0.328 e. The van der Waals surface area contributed by atoms with E-state index >= 15 is 0 Å². The van der Waals surface area contributed by atoms with Crippen LogP contribution in [0.15, 0.2) is 18.2 Å². The molecule has 0 fully saturated rings. The number of esters is 1. The summed E-state index contributed by atoms with van der Waals surface area (Å²) < 4.78 is 4.53. The van der Waals surface area contributed by atoms with Crippen LogP contribution in [0.4, 0.5) is 5.69 Å². The number of carbonyl (C=O) groups is 3. The smallest absolute Gasteiger partial charge is 0.328 e. The summed E-state index contributed by atoms with van der Waals surface area (Å²) in [5.74, 6) is -0.970. The lowest BCUT2D eigenvalue weighted by atomic mass is 10.1. The van der Waals surface area contributed by atoms with Gasteiger partial charge in [-0.05, 0) is 30.7 Å². The molecule has 100 valence electrons. The van der Waals surface area contributed by atoms with E-state index in [0.29, 0.717) is 5.56 Å². The van der Waals surface area contributed by atoms with Gasteiger partial charge in [0.2, 0.25) is 5.91 Å². The lowest BCUT2D eigenvalue weighted by Crippen LogP contribution is -2.39. The van der Waals surface area contributed by atoms with Gasteiger partial charge in [-0.25, -0.2) is 4.79 Å². The first kappa shape index (κ1) is 13.1. The average Bonchev–Trinajstić information content (AvgIpc) is 2.76. The molecular weight excluding hydrogens is 248 g/mol. The van der Waals surface area contributed by atoms with Crippen LogP contribution in [0, 0.1) is 0 Å². The van der Waals surface area contributed by atoms with Crippen molar-refractivity contribution in [3.8, 4) is 0 Å². The van der Waals surface area contributed by atoms with E-state index in [9.17, 15) is 14.4 Å². The van der Waals surface area contributed by atoms with Gasteiger partial charge >= 0.3 is 5.97 Å². The van der Waals surface area contributed by atoms with Gasteiger partial charge in [-0.2, -0.15) is 0 Å². The summed E-state index contributed by atoms with van der Waals surface area (Å²) in [4.78, 5) is 34.4. The number of amides is 2. The molecule has 19 heavy (non-hydrogen) atoms. The van der Waals surface area contributed by atoms with Gasteiger partial charge in [0, 0.05) is 11.3 Å². The van der Waals surface area contributed by atoms with Crippen molar-refractivity contribution in [1.82, 2.24) is 5.32 Å². The van der Waals surface area contributed by atoms with Crippen molar-refractivity contribution in [1.29, 1.82) is 0 Å². The van der Waals surface area contributed by atoms with Crippen LogP contribution in [0.25, 0.3) is 0 Å². The van der Waals surface area contributed by atoms with Crippen molar-refractivity contribution in [2.75, 3.05) is 12.4 Å². The Hall–Kier alpha value is -2.37. The minimum atomic E-state index is -0.717. The Kier molecular flexibility index (Phi) is 3.50. The van der Waals surface area contributed by atoms with Gasteiger partial charge in [0.15, 0.2) is 0 Å². The van der Waals surface area contributed by atoms with Gasteiger partial charge in [0.1, 0.15) is 6.04 Å².